The van der Waals surface area contributed by atoms with Crippen molar-refractivity contribution in [3.63, 3.8) is 0 Å². The molecule has 4 nitrogen and oxygen atoms in total. The molecule has 0 unspecified atom stereocenters. The molecule has 0 fully saturated rings. The minimum atomic E-state index is -4.21. The van der Waals surface area contributed by atoms with Crippen molar-refractivity contribution in [2.75, 3.05) is 23.6 Å². The largest absolute Gasteiger partial charge is 0.457 e. The number of hydrogen-bond acceptors (Lipinski definition) is 4. The molecule has 23 heavy (non-hydrogen) atoms. The Kier molecular flexibility index (Phi) is 4.04. The van der Waals surface area contributed by atoms with E-state index >= 15 is 0 Å². The summed E-state index contributed by atoms with van der Waals surface area (Å²) in [6, 6.07) is 11.5. The van der Waals surface area contributed by atoms with E-state index in [9.17, 15) is 13.2 Å². The lowest BCUT2D eigenvalue weighted by Gasteiger charge is -2.15. The first-order valence-electron chi connectivity index (χ1n) is 7.11. The molecule has 0 radical (unpaired) electrons. The Morgan fingerprint density at radius 2 is 1.78 bits per heavy atom. The van der Waals surface area contributed by atoms with Gasteiger partial charge < -0.3 is 20.7 Å². The van der Waals surface area contributed by atoms with Crippen molar-refractivity contribution >= 4 is 11.4 Å². The summed E-state index contributed by atoms with van der Waals surface area (Å²) in [4.78, 5) is 1.95. The summed E-state index contributed by atoms with van der Waals surface area (Å²) in [5.41, 5.74) is 7.80. The van der Waals surface area contributed by atoms with Crippen LogP contribution >= 0.6 is 0 Å². The van der Waals surface area contributed by atoms with Gasteiger partial charge in [-0.25, -0.2) is 0 Å². The zero-order valence-electron chi connectivity index (χ0n) is 12.2. The second kappa shape index (κ2) is 6.00. The molecule has 0 saturated heterocycles. The Hall–Kier alpha value is -2.41. The molecule has 0 atom stereocenters. The summed E-state index contributed by atoms with van der Waals surface area (Å²) in [5.74, 6) is 1.09. The molecule has 3 N–H and O–H groups in total. The van der Waals surface area contributed by atoms with Crippen LogP contribution in [0.5, 0.6) is 11.5 Å². The van der Waals surface area contributed by atoms with Gasteiger partial charge in [0, 0.05) is 6.07 Å². The Labute approximate surface area is 131 Å². The maximum absolute atomic E-state index is 12.3. The lowest BCUT2D eigenvalue weighted by molar-refractivity contribution is -0.127. The molecule has 7 heteroatoms. The number of ether oxygens (including phenoxy) is 1. The molecule has 0 aromatic heterocycles. The topological polar surface area (TPSA) is 50.5 Å². The average Bonchev–Trinajstić information content (AvgIpc) is 2.90. The van der Waals surface area contributed by atoms with Crippen LogP contribution in [0.2, 0.25) is 0 Å². The fourth-order valence-electron chi connectivity index (χ4n) is 2.46. The van der Waals surface area contributed by atoms with Crippen LogP contribution in [0.15, 0.2) is 42.5 Å². The lowest BCUT2D eigenvalue weighted by Crippen LogP contribution is -2.29. The zero-order chi connectivity index (χ0) is 16.4. The third kappa shape index (κ3) is 3.68. The van der Waals surface area contributed by atoms with Gasteiger partial charge in [0.05, 0.1) is 31.1 Å². The molecule has 0 bridgehead atoms. The maximum Gasteiger partial charge on any atom is 0.393 e. The number of hydrogen-bond donors (Lipinski definition) is 2. The number of benzene rings is 2. The van der Waals surface area contributed by atoms with Crippen molar-refractivity contribution < 1.29 is 17.9 Å². The van der Waals surface area contributed by atoms with Gasteiger partial charge in [-0.3, -0.25) is 0 Å². The Morgan fingerprint density at radius 3 is 2.43 bits per heavy atom. The van der Waals surface area contributed by atoms with Crippen molar-refractivity contribution in [2.45, 2.75) is 12.6 Å². The number of nitrogens with two attached hydrogens (primary N) is 1. The minimum Gasteiger partial charge on any atom is -0.457 e. The SMILES string of the molecule is NCN1CNc2ccc(Oc3ccc(CC(F)(F)F)cc3)cc21. The highest BCUT2D eigenvalue weighted by atomic mass is 19.4. The molecule has 0 saturated carbocycles. The third-order valence-electron chi connectivity index (χ3n) is 3.55. The smallest absolute Gasteiger partial charge is 0.393 e. The average molecular weight is 323 g/mol. The molecular weight excluding hydrogens is 307 g/mol. The molecule has 2 aromatic rings. The Balaban J connectivity index is 1.73. The number of nitrogens with zero attached hydrogens (tertiary/aromatic N) is 1. The first kappa shape index (κ1) is 15.5. The highest BCUT2D eigenvalue weighted by molar-refractivity contribution is 5.76. The Morgan fingerprint density at radius 1 is 1.09 bits per heavy atom. The summed E-state index contributed by atoms with van der Waals surface area (Å²) in [6.45, 7) is 1.02. The standard InChI is InChI=1S/C16H16F3N3O/c17-16(18,19)8-11-1-3-12(4-2-11)23-13-5-6-14-15(7-13)22(9-20)10-21-14/h1-7,21H,8-10,20H2. The van der Waals surface area contributed by atoms with Crippen LogP contribution in [0.4, 0.5) is 24.5 Å². The van der Waals surface area contributed by atoms with E-state index < -0.39 is 12.6 Å². The summed E-state index contributed by atoms with van der Waals surface area (Å²) in [7, 11) is 0. The van der Waals surface area contributed by atoms with E-state index in [-0.39, 0.29) is 5.56 Å². The van der Waals surface area contributed by atoms with Gasteiger partial charge in [0.2, 0.25) is 0 Å². The number of alkyl halides is 3. The van der Waals surface area contributed by atoms with Gasteiger partial charge in [0.25, 0.3) is 0 Å². The zero-order valence-corrected chi connectivity index (χ0v) is 12.2. The lowest BCUT2D eigenvalue weighted by atomic mass is 10.1. The monoisotopic (exact) mass is 323 g/mol. The second-order valence-corrected chi connectivity index (χ2v) is 5.27. The summed E-state index contributed by atoms with van der Waals surface area (Å²) in [5, 5.41) is 3.21. The number of nitrogens with one attached hydrogen (secondary N) is 1. The molecule has 1 heterocycles. The minimum absolute atomic E-state index is 0.206. The molecule has 122 valence electrons. The van der Waals surface area contributed by atoms with Crippen LogP contribution < -0.4 is 20.7 Å². The van der Waals surface area contributed by atoms with Gasteiger partial charge in [-0.1, -0.05) is 12.1 Å². The van der Waals surface area contributed by atoms with Gasteiger partial charge in [-0.05, 0) is 29.8 Å². The highest BCUT2D eigenvalue weighted by Gasteiger charge is 2.27. The fraction of sp³-hybridized carbons (Fsp3) is 0.250. The van der Waals surface area contributed by atoms with Crippen molar-refractivity contribution in [3.05, 3.63) is 48.0 Å². The normalized spacial score (nSPS) is 13.7. The molecule has 1 aliphatic heterocycles. The van der Waals surface area contributed by atoms with E-state index in [4.69, 9.17) is 10.5 Å². The third-order valence-corrected chi connectivity index (χ3v) is 3.55. The van der Waals surface area contributed by atoms with E-state index in [0.29, 0.717) is 24.8 Å². The van der Waals surface area contributed by atoms with E-state index in [1.807, 2.05) is 17.0 Å². The number of fused-ring (bicyclic) bond motifs is 1. The van der Waals surface area contributed by atoms with Crippen LogP contribution in [0.1, 0.15) is 5.56 Å². The van der Waals surface area contributed by atoms with Gasteiger partial charge in [-0.2, -0.15) is 13.2 Å². The van der Waals surface area contributed by atoms with Gasteiger partial charge in [-0.15, -0.1) is 0 Å². The number of anilines is 2. The second-order valence-electron chi connectivity index (χ2n) is 5.27. The van der Waals surface area contributed by atoms with Crippen LogP contribution in [-0.4, -0.2) is 19.5 Å². The molecular formula is C16H16F3N3O. The predicted octanol–water partition coefficient (Wildman–Crippen LogP) is 3.69. The molecule has 2 aromatic carbocycles. The fourth-order valence-corrected chi connectivity index (χ4v) is 2.46. The predicted molar refractivity (Wildman–Crippen MR) is 82.7 cm³/mol. The first-order chi connectivity index (χ1) is 10.9. The van der Waals surface area contributed by atoms with Crippen molar-refractivity contribution in [1.82, 2.24) is 0 Å². The van der Waals surface area contributed by atoms with E-state index in [0.717, 1.165) is 11.4 Å². The van der Waals surface area contributed by atoms with Crippen LogP contribution in [-0.2, 0) is 6.42 Å². The summed E-state index contributed by atoms with van der Waals surface area (Å²) in [6.07, 6.45) is -5.15. The quantitative estimate of drug-likeness (QED) is 0.901. The van der Waals surface area contributed by atoms with Gasteiger partial charge in [0.15, 0.2) is 0 Å². The number of halogens is 3. The summed E-state index contributed by atoms with van der Waals surface area (Å²) < 4.78 is 42.7. The van der Waals surface area contributed by atoms with Crippen LogP contribution in [0, 0.1) is 0 Å². The Bertz CT molecular complexity index is 686. The van der Waals surface area contributed by atoms with E-state index in [2.05, 4.69) is 5.32 Å². The van der Waals surface area contributed by atoms with Crippen LogP contribution in [0.25, 0.3) is 0 Å². The highest BCUT2D eigenvalue weighted by Crippen LogP contribution is 2.35. The van der Waals surface area contributed by atoms with Crippen molar-refractivity contribution in [1.29, 1.82) is 0 Å². The summed E-state index contributed by atoms with van der Waals surface area (Å²) >= 11 is 0. The molecule has 1 aliphatic rings. The van der Waals surface area contributed by atoms with Gasteiger partial charge in [0.1, 0.15) is 11.5 Å². The molecule has 0 spiro atoms. The molecule has 0 amide bonds. The first-order valence-corrected chi connectivity index (χ1v) is 7.11. The molecule has 0 aliphatic carbocycles. The van der Waals surface area contributed by atoms with Gasteiger partial charge >= 0.3 is 6.18 Å². The van der Waals surface area contributed by atoms with E-state index in [1.165, 1.54) is 24.3 Å². The van der Waals surface area contributed by atoms with Crippen LogP contribution in [0.3, 0.4) is 0 Å². The maximum atomic E-state index is 12.3. The molecule has 3 rings (SSSR count). The van der Waals surface area contributed by atoms with E-state index in [1.54, 1.807) is 6.07 Å². The number of rotatable bonds is 4. The van der Waals surface area contributed by atoms with Crippen molar-refractivity contribution in [3.8, 4) is 11.5 Å². The van der Waals surface area contributed by atoms with Crippen molar-refractivity contribution in [2.24, 2.45) is 5.73 Å².